The largest absolute Gasteiger partial charge is 0.362 e. The van der Waals surface area contributed by atoms with E-state index < -0.39 is 0 Å². The van der Waals surface area contributed by atoms with Gasteiger partial charge in [-0.3, -0.25) is 9.59 Å². The van der Waals surface area contributed by atoms with Crippen molar-refractivity contribution < 1.29 is 9.59 Å². The van der Waals surface area contributed by atoms with E-state index in [4.69, 9.17) is 9.97 Å². The summed E-state index contributed by atoms with van der Waals surface area (Å²) in [5, 5.41) is 8.84. The lowest BCUT2D eigenvalue weighted by Crippen LogP contribution is -2.40. The first-order chi connectivity index (χ1) is 19.9. The Labute approximate surface area is 243 Å². The van der Waals surface area contributed by atoms with Crippen LogP contribution in [0, 0.1) is 6.92 Å². The fraction of sp³-hybridized carbons (Fsp3) is 0.273. The molecule has 2 heterocycles. The van der Waals surface area contributed by atoms with Crippen LogP contribution in [0.1, 0.15) is 56.8 Å². The molecule has 0 unspecified atom stereocenters. The standard InChI is InChI=1S/C33H33N5O2S/c1-20-23-10-7-9-15-28(23)41-30(20)29(39)24-11-4-5-12-25(24)32(40)34-21-16-18-22(19-17-21)35-33-36-27-14-8-6-13-26(27)31(37-33)38(2)3/h4-15,21-22H,16-19H2,1-3H3,(H,34,40)(H,35,36,37)/t21-,22+. The molecule has 3 aromatic carbocycles. The number of hydrogen-bond donors (Lipinski definition) is 2. The Morgan fingerprint density at radius 1 is 0.805 bits per heavy atom. The van der Waals surface area contributed by atoms with Gasteiger partial charge in [-0.05, 0) is 67.8 Å². The van der Waals surface area contributed by atoms with Gasteiger partial charge in [-0.15, -0.1) is 11.3 Å². The van der Waals surface area contributed by atoms with Crippen molar-refractivity contribution in [1.82, 2.24) is 15.3 Å². The monoisotopic (exact) mass is 563 g/mol. The van der Waals surface area contributed by atoms with Crippen LogP contribution in [0.5, 0.6) is 0 Å². The number of carbonyl (C=O) groups excluding carboxylic acids is 2. The average Bonchev–Trinajstić information content (AvgIpc) is 3.33. The second kappa shape index (κ2) is 11.3. The maximum atomic E-state index is 13.6. The maximum Gasteiger partial charge on any atom is 0.252 e. The number of thiophene rings is 1. The quantitative estimate of drug-likeness (QED) is 0.217. The highest BCUT2D eigenvalue weighted by atomic mass is 32.1. The number of benzene rings is 3. The van der Waals surface area contributed by atoms with Crippen LogP contribution in [0.15, 0.2) is 72.8 Å². The molecule has 2 N–H and O–H groups in total. The van der Waals surface area contributed by atoms with E-state index in [9.17, 15) is 9.59 Å². The van der Waals surface area contributed by atoms with Crippen LogP contribution in [0.2, 0.25) is 0 Å². The van der Waals surface area contributed by atoms with Crippen LogP contribution in [-0.2, 0) is 0 Å². The minimum atomic E-state index is -0.197. The van der Waals surface area contributed by atoms with Gasteiger partial charge in [0, 0.05) is 41.8 Å². The predicted octanol–water partition coefficient (Wildman–Crippen LogP) is 6.60. The summed E-state index contributed by atoms with van der Waals surface area (Å²) in [6.45, 7) is 1.98. The minimum Gasteiger partial charge on any atom is -0.362 e. The number of aromatic nitrogens is 2. The van der Waals surface area contributed by atoms with E-state index in [-0.39, 0.29) is 23.8 Å². The van der Waals surface area contributed by atoms with Crippen molar-refractivity contribution in [2.45, 2.75) is 44.7 Å². The highest BCUT2D eigenvalue weighted by Crippen LogP contribution is 2.33. The number of ketones is 1. The first kappa shape index (κ1) is 26.9. The van der Waals surface area contributed by atoms with Crippen molar-refractivity contribution in [3.63, 3.8) is 0 Å². The number of carbonyl (C=O) groups is 2. The number of aryl methyl sites for hydroxylation is 1. The van der Waals surface area contributed by atoms with Gasteiger partial charge in [-0.1, -0.05) is 48.5 Å². The lowest BCUT2D eigenvalue weighted by molar-refractivity contribution is 0.0917. The van der Waals surface area contributed by atoms with Crippen LogP contribution in [0.4, 0.5) is 11.8 Å². The molecule has 208 valence electrons. The van der Waals surface area contributed by atoms with Gasteiger partial charge in [-0.2, -0.15) is 4.98 Å². The Bertz CT molecular complexity index is 1750. The molecule has 0 bridgehead atoms. The Morgan fingerprint density at radius 3 is 2.17 bits per heavy atom. The van der Waals surface area contributed by atoms with Crippen molar-refractivity contribution in [3.8, 4) is 0 Å². The molecule has 1 fully saturated rings. The van der Waals surface area contributed by atoms with E-state index in [1.54, 1.807) is 12.1 Å². The van der Waals surface area contributed by atoms with Crippen LogP contribution in [-0.4, -0.2) is 47.8 Å². The van der Waals surface area contributed by atoms with Crippen molar-refractivity contribution in [3.05, 3.63) is 94.4 Å². The topological polar surface area (TPSA) is 87.2 Å². The van der Waals surface area contributed by atoms with E-state index >= 15 is 0 Å². The fourth-order valence-electron chi connectivity index (χ4n) is 5.69. The smallest absolute Gasteiger partial charge is 0.252 e. The zero-order valence-electron chi connectivity index (χ0n) is 23.5. The summed E-state index contributed by atoms with van der Waals surface area (Å²) in [6.07, 6.45) is 3.45. The van der Waals surface area contributed by atoms with Gasteiger partial charge in [-0.25, -0.2) is 4.98 Å². The van der Waals surface area contributed by atoms with Gasteiger partial charge in [0.25, 0.3) is 5.91 Å². The van der Waals surface area contributed by atoms with Crippen molar-refractivity contribution in [2.24, 2.45) is 0 Å². The molecule has 5 aromatic rings. The molecule has 0 aliphatic heterocycles. The summed E-state index contributed by atoms with van der Waals surface area (Å²) < 4.78 is 1.08. The number of hydrogen-bond acceptors (Lipinski definition) is 7. The third-order valence-electron chi connectivity index (χ3n) is 7.87. The molecule has 0 radical (unpaired) electrons. The van der Waals surface area contributed by atoms with Gasteiger partial charge in [0.1, 0.15) is 5.82 Å². The van der Waals surface area contributed by atoms with Crippen molar-refractivity contribution >= 4 is 55.8 Å². The maximum absolute atomic E-state index is 13.6. The lowest BCUT2D eigenvalue weighted by atomic mass is 9.90. The molecular formula is C33H33N5O2S. The lowest BCUT2D eigenvalue weighted by Gasteiger charge is -2.30. The molecular weight excluding hydrogens is 530 g/mol. The number of para-hydroxylation sites is 1. The van der Waals surface area contributed by atoms with Crippen LogP contribution < -0.4 is 15.5 Å². The Kier molecular flexibility index (Phi) is 7.41. The third kappa shape index (κ3) is 5.39. The molecule has 1 aliphatic rings. The summed E-state index contributed by atoms with van der Waals surface area (Å²) in [4.78, 5) is 39.3. The first-order valence-electron chi connectivity index (χ1n) is 14.0. The van der Waals surface area contributed by atoms with Gasteiger partial charge in [0.15, 0.2) is 0 Å². The number of nitrogens with one attached hydrogen (secondary N) is 2. The van der Waals surface area contributed by atoms with E-state index in [1.807, 2.05) is 86.6 Å². The average molecular weight is 564 g/mol. The predicted molar refractivity (Wildman–Crippen MR) is 167 cm³/mol. The molecule has 0 atom stereocenters. The molecule has 1 aliphatic carbocycles. The highest BCUT2D eigenvalue weighted by Gasteiger charge is 2.26. The van der Waals surface area contributed by atoms with E-state index in [0.29, 0.717) is 22.0 Å². The minimum absolute atomic E-state index is 0.0460. The SMILES string of the molecule is Cc1c(C(=O)c2ccccc2C(=O)N[C@H]2CC[C@@H](Nc3nc(N(C)C)c4ccccc4n3)CC2)sc2ccccc12. The molecule has 7 nitrogen and oxygen atoms in total. The summed E-state index contributed by atoms with van der Waals surface area (Å²) in [7, 11) is 3.98. The number of rotatable bonds is 7. The number of fused-ring (bicyclic) bond motifs is 2. The second-order valence-electron chi connectivity index (χ2n) is 10.9. The van der Waals surface area contributed by atoms with Crippen molar-refractivity contribution in [1.29, 1.82) is 0 Å². The number of nitrogens with zero attached hydrogens (tertiary/aromatic N) is 3. The van der Waals surface area contributed by atoms with Crippen LogP contribution >= 0.6 is 11.3 Å². The molecule has 1 saturated carbocycles. The summed E-state index contributed by atoms with van der Waals surface area (Å²) in [6, 6.07) is 23.5. The molecule has 2 aromatic heterocycles. The Morgan fingerprint density at radius 2 is 1.44 bits per heavy atom. The Balaban J connectivity index is 1.12. The Hall–Kier alpha value is -4.30. The van der Waals surface area contributed by atoms with E-state index in [1.165, 1.54) is 11.3 Å². The molecule has 0 saturated heterocycles. The highest BCUT2D eigenvalue weighted by molar-refractivity contribution is 7.21. The van der Waals surface area contributed by atoms with E-state index in [2.05, 4.69) is 10.6 Å². The molecule has 41 heavy (non-hydrogen) atoms. The summed E-state index contributed by atoms with van der Waals surface area (Å²) >= 11 is 1.49. The molecule has 6 rings (SSSR count). The summed E-state index contributed by atoms with van der Waals surface area (Å²) in [5.41, 5.74) is 2.74. The zero-order valence-corrected chi connectivity index (χ0v) is 24.3. The molecule has 1 amide bonds. The number of amides is 1. The number of anilines is 2. The van der Waals surface area contributed by atoms with Crippen LogP contribution in [0.25, 0.3) is 21.0 Å². The van der Waals surface area contributed by atoms with Gasteiger partial charge < -0.3 is 15.5 Å². The molecule has 0 spiro atoms. The van der Waals surface area contributed by atoms with E-state index in [0.717, 1.165) is 58.1 Å². The summed E-state index contributed by atoms with van der Waals surface area (Å²) in [5.74, 6) is 1.22. The van der Waals surface area contributed by atoms with Gasteiger partial charge >= 0.3 is 0 Å². The second-order valence-corrected chi connectivity index (χ2v) is 11.9. The normalized spacial score (nSPS) is 17.0. The first-order valence-corrected chi connectivity index (χ1v) is 14.8. The van der Waals surface area contributed by atoms with Crippen LogP contribution in [0.3, 0.4) is 0 Å². The van der Waals surface area contributed by atoms with Gasteiger partial charge in [0.2, 0.25) is 11.7 Å². The zero-order chi connectivity index (χ0) is 28.5. The fourth-order valence-corrected chi connectivity index (χ4v) is 6.85. The van der Waals surface area contributed by atoms with Gasteiger partial charge in [0.05, 0.1) is 16.0 Å². The molecule has 8 heteroatoms. The van der Waals surface area contributed by atoms with Crippen molar-refractivity contribution in [2.75, 3.05) is 24.3 Å². The third-order valence-corrected chi connectivity index (χ3v) is 9.14.